The number of hydrogen-bond acceptors (Lipinski definition) is 4. The smallest absolute Gasteiger partial charge is 0.289 e. The highest BCUT2D eigenvalue weighted by molar-refractivity contribution is 5.96. The van der Waals surface area contributed by atoms with Gasteiger partial charge in [-0.15, -0.1) is 0 Å². The molecule has 4 aromatic rings. The van der Waals surface area contributed by atoms with Crippen molar-refractivity contribution in [2.45, 2.75) is 19.3 Å². The summed E-state index contributed by atoms with van der Waals surface area (Å²) in [6, 6.07) is 15.6. The fourth-order valence-corrected chi connectivity index (χ4v) is 4.24. The molecule has 168 valence electrons. The lowest BCUT2D eigenvalue weighted by Crippen LogP contribution is -2.35. The Kier molecular flexibility index (Phi) is 5.46. The number of aromatic amines is 1. The molecule has 0 unspecified atom stereocenters. The highest BCUT2D eigenvalue weighted by atomic mass is 16.3. The fourth-order valence-electron chi connectivity index (χ4n) is 4.24. The van der Waals surface area contributed by atoms with Crippen molar-refractivity contribution < 1.29 is 14.0 Å². The van der Waals surface area contributed by atoms with Gasteiger partial charge >= 0.3 is 0 Å². The van der Waals surface area contributed by atoms with E-state index in [1.165, 1.54) is 4.90 Å². The number of amides is 2. The lowest BCUT2D eigenvalue weighted by atomic mass is 9.99. The Labute approximate surface area is 191 Å². The number of benzene rings is 2. The van der Waals surface area contributed by atoms with Crippen LogP contribution >= 0.6 is 0 Å². The summed E-state index contributed by atoms with van der Waals surface area (Å²) in [6.07, 6.45) is 4.02. The summed E-state index contributed by atoms with van der Waals surface area (Å²) in [5.74, 6) is 1.13. The van der Waals surface area contributed by atoms with Crippen molar-refractivity contribution in [1.82, 2.24) is 19.8 Å². The maximum atomic E-state index is 12.9. The topological polar surface area (TPSA) is 82.4 Å². The van der Waals surface area contributed by atoms with Crippen LogP contribution in [-0.4, -0.2) is 58.8 Å². The number of furan rings is 1. The first kappa shape index (κ1) is 21.0. The zero-order chi connectivity index (χ0) is 22.9. The second-order valence-corrected chi connectivity index (χ2v) is 8.60. The van der Waals surface area contributed by atoms with Gasteiger partial charge in [-0.3, -0.25) is 9.59 Å². The van der Waals surface area contributed by atoms with E-state index in [-0.39, 0.29) is 11.8 Å². The number of para-hydroxylation sites is 2. The molecule has 7 heteroatoms. The van der Waals surface area contributed by atoms with Gasteiger partial charge in [0, 0.05) is 45.4 Å². The number of aromatic nitrogens is 2. The molecule has 0 bridgehead atoms. The third-order valence-electron chi connectivity index (χ3n) is 6.02. The summed E-state index contributed by atoms with van der Waals surface area (Å²) in [7, 11) is 3.40. The van der Waals surface area contributed by atoms with Crippen molar-refractivity contribution in [3.8, 4) is 0 Å². The van der Waals surface area contributed by atoms with Crippen molar-refractivity contribution in [3.63, 3.8) is 0 Å². The van der Waals surface area contributed by atoms with Crippen molar-refractivity contribution >= 4 is 39.4 Å². The summed E-state index contributed by atoms with van der Waals surface area (Å²) in [5, 5.41) is 0.881. The number of carbonyl (C=O) groups excluding carboxylic acids is 2. The molecule has 2 aromatic heterocycles. The molecule has 0 saturated heterocycles. The summed E-state index contributed by atoms with van der Waals surface area (Å²) >= 11 is 0. The highest BCUT2D eigenvalue weighted by Gasteiger charge is 2.20. The lowest BCUT2D eigenvalue weighted by molar-refractivity contribution is -0.130. The van der Waals surface area contributed by atoms with Crippen LogP contribution in [0.4, 0.5) is 0 Å². The second-order valence-electron chi connectivity index (χ2n) is 8.60. The molecule has 5 rings (SSSR count). The average Bonchev–Trinajstić information content (AvgIpc) is 3.45. The van der Waals surface area contributed by atoms with Crippen molar-refractivity contribution in [1.29, 1.82) is 0 Å². The lowest BCUT2D eigenvalue weighted by Gasteiger charge is -2.27. The Bertz CT molecular complexity index is 1350. The van der Waals surface area contributed by atoms with E-state index in [0.717, 1.165) is 46.3 Å². The van der Waals surface area contributed by atoms with Gasteiger partial charge < -0.3 is 19.2 Å². The van der Waals surface area contributed by atoms with Gasteiger partial charge in [0.1, 0.15) is 11.4 Å². The Morgan fingerprint density at radius 3 is 2.82 bits per heavy atom. The normalized spacial score (nSPS) is 14.0. The van der Waals surface area contributed by atoms with Crippen LogP contribution in [-0.2, 0) is 11.2 Å². The Morgan fingerprint density at radius 2 is 2.00 bits per heavy atom. The molecule has 3 heterocycles. The van der Waals surface area contributed by atoms with E-state index >= 15 is 0 Å². The number of rotatable bonds is 5. The number of carbonyl (C=O) groups is 2. The molecule has 1 N–H and O–H groups in total. The van der Waals surface area contributed by atoms with Gasteiger partial charge in [-0.1, -0.05) is 24.3 Å². The molecule has 0 atom stereocenters. The molecular formula is C26H26N4O3. The van der Waals surface area contributed by atoms with Gasteiger partial charge in [-0.05, 0) is 47.9 Å². The first-order valence-corrected chi connectivity index (χ1v) is 11.1. The van der Waals surface area contributed by atoms with Crippen LogP contribution in [0.3, 0.4) is 0 Å². The number of hydrogen-bond donors (Lipinski definition) is 1. The molecule has 0 fully saturated rings. The highest BCUT2D eigenvalue weighted by Crippen LogP contribution is 2.27. The number of imidazole rings is 1. The number of aryl methyl sites for hydroxylation is 1. The van der Waals surface area contributed by atoms with Crippen LogP contribution in [0.15, 0.2) is 59.0 Å². The van der Waals surface area contributed by atoms with E-state index in [0.29, 0.717) is 30.7 Å². The van der Waals surface area contributed by atoms with E-state index in [1.54, 1.807) is 20.2 Å². The van der Waals surface area contributed by atoms with E-state index < -0.39 is 0 Å². The molecule has 1 aliphatic rings. The van der Waals surface area contributed by atoms with Crippen molar-refractivity contribution in [3.05, 3.63) is 71.8 Å². The van der Waals surface area contributed by atoms with Crippen molar-refractivity contribution in [2.24, 2.45) is 0 Å². The van der Waals surface area contributed by atoms with Gasteiger partial charge in [-0.2, -0.15) is 0 Å². The number of fused-ring (bicyclic) bond motifs is 2. The number of nitrogens with zero attached hydrogens (tertiary/aromatic N) is 3. The minimum absolute atomic E-state index is 0.129. The zero-order valence-electron chi connectivity index (χ0n) is 18.8. The van der Waals surface area contributed by atoms with Crippen LogP contribution in [0.25, 0.3) is 27.6 Å². The summed E-state index contributed by atoms with van der Waals surface area (Å²) in [6.45, 7) is 1.30. The average molecular weight is 443 g/mol. The van der Waals surface area contributed by atoms with Crippen LogP contribution in [0, 0.1) is 0 Å². The monoisotopic (exact) mass is 442 g/mol. The van der Waals surface area contributed by atoms with Gasteiger partial charge in [-0.25, -0.2) is 4.98 Å². The fraction of sp³-hybridized carbons (Fsp3) is 0.269. The molecule has 2 aromatic carbocycles. The van der Waals surface area contributed by atoms with Crippen LogP contribution in [0.2, 0.25) is 0 Å². The standard InChI is InChI=1S/C26H26N4O3/c1-29(2)26(32)23-15-19-14-17(9-10-22(19)33-23)18-6-5-13-30(16-18)25(31)12-11-24-27-20-7-3-4-8-21(20)28-24/h3-4,6-10,14-15H,5,11-13,16H2,1-2H3,(H,27,28). The quantitative estimate of drug-likeness (QED) is 0.501. The summed E-state index contributed by atoms with van der Waals surface area (Å²) in [5.41, 5.74) is 4.75. The summed E-state index contributed by atoms with van der Waals surface area (Å²) < 4.78 is 5.70. The molecule has 33 heavy (non-hydrogen) atoms. The van der Waals surface area contributed by atoms with Gasteiger partial charge in [0.15, 0.2) is 5.76 Å². The first-order chi connectivity index (χ1) is 16.0. The maximum absolute atomic E-state index is 12.9. The number of H-pyrrole nitrogens is 1. The first-order valence-electron chi connectivity index (χ1n) is 11.1. The Morgan fingerprint density at radius 1 is 1.15 bits per heavy atom. The number of nitrogens with one attached hydrogen (secondary N) is 1. The molecule has 2 amide bonds. The maximum Gasteiger partial charge on any atom is 0.289 e. The van der Waals surface area contributed by atoms with Crippen LogP contribution < -0.4 is 0 Å². The van der Waals surface area contributed by atoms with E-state index in [2.05, 4.69) is 16.0 Å². The molecular weight excluding hydrogens is 416 g/mol. The molecule has 7 nitrogen and oxygen atoms in total. The SMILES string of the molecule is CN(C)C(=O)c1cc2cc(C3=CCCN(C(=O)CCc4nc5ccccc5[nH]4)C3)ccc2o1. The van der Waals surface area contributed by atoms with Gasteiger partial charge in [0.25, 0.3) is 5.91 Å². The minimum Gasteiger partial charge on any atom is -0.451 e. The predicted octanol–water partition coefficient (Wildman–Crippen LogP) is 4.26. The molecule has 1 aliphatic heterocycles. The zero-order valence-corrected chi connectivity index (χ0v) is 18.8. The van der Waals surface area contributed by atoms with Crippen molar-refractivity contribution in [2.75, 3.05) is 27.2 Å². The Balaban J connectivity index is 1.26. The molecule has 0 aliphatic carbocycles. The minimum atomic E-state index is -0.161. The largest absolute Gasteiger partial charge is 0.451 e. The molecule has 0 radical (unpaired) electrons. The Hall–Kier alpha value is -3.87. The molecule has 0 spiro atoms. The van der Waals surface area contributed by atoms with E-state index in [1.807, 2.05) is 47.4 Å². The third kappa shape index (κ3) is 4.26. The third-order valence-corrected chi connectivity index (χ3v) is 6.02. The van der Waals surface area contributed by atoms with Crippen LogP contribution in [0.1, 0.15) is 34.8 Å². The predicted molar refractivity (Wildman–Crippen MR) is 128 cm³/mol. The summed E-state index contributed by atoms with van der Waals surface area (Å²) in [4.78, 5) is 36.4. The molecule has 0 saturated carbocycles. The second kappa shape index (κ2) is 8.58. The van der Waals surface area contributed by atoms with Gasteiger partial charge in [0.05, 0.1) is 11.0 Å². The van der Waals surface area contributed by atoms with Crippen LogP contribution in [0.5, 0.6) is 0 Å². The van der Waals surface area contributed by atoms with Gasteiger partial charge in [0.2, 0.25) is 5.91 Å². The van der Waals surface area contributed by atoms with E-state index in [4.69, 9.17) is 4.42 Å². The van der Waals surface area contributed by atoms with E-state index in [9.17, 15) is 9.59 Å².